The fraction of sp³-hybridized carbons (Fsp3) is 0.833. The average Bonchev–Trinajstić information content (AvgIpc) is 2.19. The van der Waals surface area contributed by atoms with Crippen molar-refractivity contribution in [2.75, 3.05) is 13.1 Å². The molecule has 0 aromatic rings. The number of hydrogen-bond donors (Lipinski definition) is 0. The van der Waals surface area contributed by atoms with E-state index >= 15 is 0 Å². The summed E-state index contributed by atoms with van der Waals surface area (Å²) in [4.78, 5) is 0. The summed E-state index contributed by atoms with van der Waals surface area (Å²) < 4.78 is 0. The zero-order chi connectivity index (χ0) is 5.82. The molecule has 0 aliphatic carbocycles. The lowest BCUT2D eigenvalue weighted by Crippen LogP contribution is -2.14. The molecule has 2 nitrogen and oxygen atoms in total. The van der Waals surface area contributed by atoms with E-state index in [0.29, 0.717) is 0 Å². The van der Waals surface area contributed by atoms with Crippen LogP contribution in [-0.4, -0.2) is 24.3 Å². The molecular formula is C6H12N2. The first-order valence-corrected chi connectivity index (χ1v) is 3.21. The highest BCUT2D eigenvalue weighted by Gasteiger charge is 2.01. The van der Waals surface area contributed by atoms with Gasteiger partial charge in [0.1, 0.15) is 0 Å². The number of hydrazone groups is 1. The minimum absolute atomic E-state index is 1.12. The standard InChI is InChI=1S/C6H12N2/c1-2-5-8-6-3-4-7-8/h4H,2-3,5-6H2,1H3. The SMILES string of the molecule is CCCN1CCC=N1. The molecule has 0 N–H and O–H groups in total. The zero-order valence-electron chi connectivity index (χ0n) is 5.30. The molecule has 0 unspecified atom stereocenters. The quantitative estimate of drug-likeness (QED) is 0.522. The Morgan fingerprint density at radius 2 is 2.62 bits per heavy atom. The Morgan fingerprint density at radius 1 is 1.75 bits per heavy atom. The van der Waals surface area contributed by atoms with E-state index in [1.807, 2.05) is 6.21 Å². The van der Waals surface area contributed by atoms with Gasteiger partial charge in [0.2, 0.25) is 0 Å². The highest BCUT2D eigenvalue weighted by molar-refractivity contribution is 5.58. The summed E-state index contributed by atoms with van der Waals surface area (Å²) in [6.45, 7) is 4.43. The zero-order valence-corrected chi connectivity index (χ0v) is 5.30. The summed E-state index contributed by atoms with van der Waals surface area (Å²) in [5.41, 5.74) is 0. The average molecular weight is 112 g/mol. The van der Waals surface area contributed by atoms with Gasteiger partial charge in [-0.1, -0.05) is 6.92 Å². The fourth-order valence-corrected chi connectivity index (χ4v) is 0.865. The van der Waals surface area contributed by atoms with Crippen molar-refractivity contribution in [3.8, 4) is 0 Å². The van der Waals surface area contributed by atoms with E-state index < -0.39 is 0 Å². The Hall–Kier alpha value is -0.530. The fourth-order valence-electron chi connectivity index (χ4n) is 0.865. The maximum absolute atomic E-state index is 4.13. The summed E-state index contributed by atoms with van der Waals surface area (Å²) >= 11 is 0. The van der Waals surface area contributed by atoms with Crippen LogP contribution in [0, 0.1) is 0 Å². The molecule has 0 atom stereocenters. The van der Waals surface area contributed by atoms with Crippen molar-refractivity contribution in [2.24, 2.45) is 5.10 Å². The number of hydrogen-bond acceptors (Lipinski definition) is 2. The molecule has 1 aliphatic rings. The molecule has 0 saturated heterocycles. The first kappa shape index (κ1) is 5.60. The lowest BCUT2D eigenvalue weighted by atomic mass is 10.4. The minimum atomic E-state index is 1.12. The van der Waals surface area contributed by atoms with Crippen LogP contribution in [0.15, 0.2) is 5.10 Å². The molecule has 0 aromatic heterocycles. The highest BCUT2D eigenvalue weighted by atomic mass is 15.5. The van der Waals surface area contributed by atoms with Crippen molar-refractivity contribution in [2.45, 2.75) is 19.8 Å². The summed E-state index contributed by atoms with van der Waals surface area (Å²) in [6.07, 6.45) is 4.33. The van der Waals surface area contributed by atoms with Gasteiger partial charge >= 0.3 is 0 Å². The predicted octanol–water partition coefficient (Wildman–Crippen LogP) is 1.09. The summed E-state index contributed by atoms with van der Waals surface area (Å²) in [6, 6.07) is 0. The van der Waals surface area contributed by atoms with Crippen molar-refractivity contribution < 1.29 is 0 Å². The largest absolute Gasteiger partial charge is 0.297 e. The van der Waals surface area contributed by atoms with Crippen LogP contribution >= 0.6 is 0 Å². The van der Waals surface area contributed by atoms with Gasteiger partial charge in [-0.2, -0.15) is 5.10 Å². The molecule has 0 amide bonds. The third kappa shape index (κ3) is 1.22. The lowest BCUT2D eigenvalue weighted by Gasteiger charge is -2.10. The van der Waals surface area contributed by atoms with Gasteiger partial charge in [-0.3, -0.25) is 5.01 Å². The summed E-state index contributed by atoms with van der Waals surface area (Å²) in [5.74, 6) is 0. The second kappa shape index (κ2) is 2.70. The Labute approximate surface area is 50.2 Å². The Bertz CT molecular complexity index is 88.5. The third-order valence-corrected chi connectivity index (χ3v) is 1.24. The minimum Gasteiger partial charge on any atom is -0.297 e. The smallest absolute Gasteiger partial charge is 0.0410 e. The first-order chi connectivity index (χ1) is 3.93. The number of rotatable bonds is 2. The van der Waals surface area contributed by atoms with E-state index in [9.17, 15) is 0 Å². The Balaban J connectivity index is 2.16. The topological polar surface area (TPSA) is 15.6 Å². The van der Waals surface area contributed by atoms with Gasteiger partial charge in [-0.25, -0.2) is 0 Å². The second-order valence-electron chi connectivity index (χ2n) is 2.04. The number of nitrogens with zero attached hydrogens (tertiary/aromatic N) is 2. The Morgan fingerprint density at radius 3 is 3.12 bits per heavy atom. The molecule has 0 saturated carbocycles. The van der Waals surface area contributed by atoms with Crippen LogP contribution in [0.2, 0.25) is 0 Å². The van der Waals surface area contributed by atoms with Crippen LogP contribution in [0.1, 0.15) is 19.8 Å². The van der Waals surface area contributed by atoms with Crippen LogP contribution in [0.25, 0.3) is 0 Å². The molecular weight excluding hydrogens is 100 g/mol. The monoisotopic (exact) mass is 112 g/mol. The molecule has 0 bridgehead atoms. The molecule has 1 rings (SSSR count). The maximum atomic E-state index is 4.13. The molecule has 0 fully saturated rings. The molecule has 1 heterocycles. The van der Waals surface area contributed by atoms with E-state index in [1.165, 1.54) is 6.42 Å². The Kier molecular flexibility index (Phi) is 1.89. The van der Waals surface area contributed by atoms with Gasteiger partial charge in [0.15, 0.2) is 0 Å². The van der Waals surface area contributed by atoms with E-state index in [-0.39, 0.29) is 0 Å². The first-order valence-electron chi connectivity index (χ1n) is 3.21. The molecule has 1 aliphatic heterocycles. The lowest BCUT2D eigenvalue weighted by molar-refractivity contribution is 0.319. The van der Waals surface area contributed by atoms with Crippen LogP contribution in [-0.2, 0) is 0 Å². The predicted molar refractivity (Wildman–Crippen MR) is 35.0 cm³/mol. The normalized spacial score (nSPS) is 17.9. The van der Waals surface area contributed by atoms with Crippen LogP contribution in [0.5, 0.6) is 0 Å². The van der Waals surface area contributed by atoms with Crippen molar-refractivity contribution in [3.63, 3.8) is 0 Å². The van der Waals surface area contributed by atoms with Gasteiger partial charge < -0.3 is 0 Å². The molecule has 0 radical (unpaired) electrons. The summed E-state index contributed by atoms with van der Waals surface area (Å²) in [5, 5.41) is 6.24. The van der Waals surface area contributed by atoms with E-state index in [0.717, 1.165) is 19.5 Å². The molecule has 46 valence electrons. The van der Waals surface area contributed by atoms with Crippen LogP contribution < -0.4 is 0 Å². The maximum Gasteiger partial charge on any atom is 0.0410 e. The van der Waals surface area contributed by atoms with Crippen LogP contribution in [0.3, 0.4) is 0 Å². The van der Waals surface area contributed by atoms with Gasteiger partial charge in [0.25, 0.3) is 0 Å². The van der Waals surface area contributed by atoms with Crippen LogP contribution in [0.4, 0.5) is 0 Å². The second-order valence-corrected chi connectivity index (χ2v) is 2.04. The van der Waals surface area contributed by atoms with E-state index in [4.69, 9.17) is 0 Å². The van der Waals surface area contributed by atoms with Gasteiger partial charge in [-0.15, -0.1) is 0 Å². The van der Waals surface area contributed by atoms with Crippen molar-refractivity contribution in [1.29, 1.82) is 0 Å². The third-order valence-electron chi connectivity index (χ3n) is 1.24. The van der Waals surface area contributed by atoms with Crippen molar-refractivity contribution in [3.05, 3.63) is 0 Å². The molecule has 0 spiro atoms. The van der Waals surface area contributed by atoms with Gasteiger partial charge in [-0.05, 0) is 6.42 Å². The highest BCUT2D eigenvalue weighted by Crippen LogP contribution is 1.98. The van der Waals surface area contributed by atoms with E-state index in [1.54, 1.807) is 0 Å². The van der Waals surface area contributed by atoms with Crippen molar-refractivity contribution >= 4 is 6.21 Å². The van der Waals surface area contributed by atoms with E-state index in [2.05, 4.69) is 17.0 Å². The molecule has 2 heteroatoms. The van der Waals surface area contributed by atoms with Gasteiger partial charge in [0, 0.05) is 25.7 Å². The summed E-state index contributed by atoms with van der Waals surface area (Å²) in [7, 11) is 0. The van der Waals surface area contributed by atoms with Crippen molar-refractivity contribution in [1.82, 2.24) is 5.01 Å². The molecule has 0 aromatic carbocycles. The molecule has 8 heavy (non-hydrogen) atoms. The van der Waals surface area contributed by atoms with Gasteiger partial charge in [0.05, 0.1) is 0 Å².